The van der Waals surface area contributed by atoms with Crippen molar-refractivity contribution in [2.75, 3.05) is 20.1 Å². The van der Waals surface area contributed by atoms with Crippen molar-refractivity contribution in [2.24, 2.45) is 11.7 Å². The smallest absolute Gasteiger partial charge is 0.00708 e. The van der Waals surface area contributed by atoms with Crippen LogP contribution < -0.4 is 11.1 Å². The van der Waals surface area contributed by atoms with Gasteiger partial charge >= 0.3 is 0 Å². The van der Waals surface area contributed by atoms with E-state index in [0.29, 0.717) is 12.1 Å². The summed E-state index contributed by atoms with van der Waals surface area (Å²) in [5.74, 6) is 0.877. The minimum absolute atomic E-state index is 0.465. The quantitative estimate of drug-likeness (QED) is 0.785. The number of nitrogens with two attached hydrogens (primary N) is 1. The lowest BCUT2D eigenvalue weighted by Gasteiger charge is -2.36. The van der Waals surface area contributed by atoms with E-state index in [9.17, 15) is 0 Å². The lowest BCUT2D eigenvalue weighted by atomic mass is 9.87. The Labute approximate surface area is 106 Å². The van der Waals surface area contributed by atoms with E-state index >= 15 is 0 Å². The number of rotatable bonds is 3. The number of likely N-dealkylation sites (tertiary alicyclic amines) is 1. The number of hydrogen-bond donors (Lipinski definition) is 2. The Hall–Kier alpha value is -0.120. The number of nitrogens with one attached hydrogen (secondary N) is 1. The Kier molecular flexibility index (Phi) is 4.83. The maximum absolute atomic E-state index is 5.95. The molecule has 1 unspecified atom stereocenters. The molecule has 0 bridgehead atoms. The Morgan fingerprint density at radius 2 is 1.65 bits per heavy atom. The molecule has 0 aromatic carbocycles. The van der Waals surface area contributed by atoms with Crippen molar-refractivity contribution in [2.45, 2.75) is 63.6 Å². The third kappa shape index (κ3) is 3.94. The van der Waals surface area contributed by atoms with Gasteiger partial charge < -0.3 is 16.0 Å². The molecule has 1 saturated heterocycles. The maximum atomic E-state index is 5.95. The molecule has 3 N–H and O–H groups in total. The third-order valence-corrected chi connectivity index (χ3v) is 4.74. The van der Waals surface area contributed by atoms with E-state index < -0.39 is 0 Å². The average Bonchev–Trinajstić information content (AvgIpc) is 2.33. The van der Waals surface area contributed by atoms with Crippen LogP contribution >= 0.6 is 0 Å². The minimum atomic E-state index is 0.465. The van der Waals surface area contributed by atoms with Gasteiger partial charge in [0.05, 0.1) is 0 Å². The minimum Gasteiger partial charge on any atom is -0.328 e. The van der Waals surface area contributed by atoms with Gasteiger partial charge in [0.2, 0.25) is 0 Å². The van der Waals surface area contributed by atoms with E-state index in [2.05, 4.69) is 24.2 Å². The molecule has 3 nitrogen and oxygen atoms in total. The second-order valence-electron chi connectivity index (χ2n) is 6.21. The first-order valence-electron chi connectivity index (χ1n) is 7.35. The predicted molar refractivity (Wildman–Crippen MR) is 73.1 cm³/mol. The zero-order valence-corrected chi connectivity index (χ0v) is 11.5. The zero-order chi connectivity index (χ0) is 12.3. The second kappa shape index (κ2) is 6.17. The zero-order valence-electron chi connectivity index (χ0n) is 11.5. The molecule has 0 amide bonds. The first-order valence-corrected chi connectivity index (χ1v) is 7.35. The molecule has 1 heterocycles. The van der Waals surface area contributed by atoms with E-state index in [4.69, 9.17) is 5.73 Å². The summed E-state index contributed by atoms with van der Waals surface area (Å²) >= 11 is 0. The highest BCUT2D eigenvalue weighted by molar-refractivity contribution is 4.84. The first kappa shape index (κ1) is 13.3. The molecule has 2 rings (SSSR count). The second-order valence-corrected chi connectivity index (χ2v) is 6.21. The number of hydrogen-bond acceptors (Lipinski definition) is 3. The van der Waals surface area contributed by atoms with Gasteiger partial charge in [-0.15, -0.1) is 0 Å². The van der Waals surface area contributed by atoms with E-state index in [0.717, 1.165) is 12.0 Å². The van der Waals surface area contributed by atoms with Crippen LogP contribution in [0.15, 0.2) is 0 Å². The highest BCUT2D eigenvalue weighted by Gasteiger charge is 2.25. The van der Waals surface area contributed by atoms with E-state index in [1.165, 1.54) is 51.6 Å². The molecule has 0 spiro atoms. The first-order chi connectivity index (χ1) is 8.15. The SMILES string of the molecule is CC(NC1CCC(N)CC1)C1CCN(C)CC1. The molecule has 2 fully saturated rings. The molecule has 100 valence electrons. The predicted octanol–water partition coefficient (Wildman–Crippen LogP) is 1.58. The van der Waals surface area contributed by atoms with Gasteiger partial charge in [-0.05, 0) is 71.5 Å². The summed E-state index contributed by atoms with van der Waals surface area (Å²) in [6.07, 6.45) is 7.68. The van der Waals surface area contributed by atoms with Crippen LogP contribution in [-0.4, -0.2) is 43.2 Å². The van der Waals surface area contributed by atoms with Crippen LogP contribution in [0.1, 0.15) is 45.4 Å². The Balaban J connectivity index is 1.71. The van der Waals surface area contributed by atoms with Gasteiger partial charge in [0.25, 0.3) is 0 Å². The van der Waals surface area contributed by atoms with E-state index in [1.807, 2.05) is 0 Å². The fraction of sp³-hybridized carbons (Fsp3) is 1.00. The molecule has 1 saturated carbocycles. The molecule has 2 aliphatic rings. The molecule has 0 aromatic rings. The van der Waals surface area contributed by atoms with Gasteiger partial charge in [-0.3, -0.25) is 0 Å². The number of piperidine rings is 1. The van der Waals surface area contributed by atoms with Crippen molar-refractivity contribution in [3.8, 4) is 0 Å². The van der Waals surface area contributed by atoms with Crippen LogP contribution in [0.5, 0.6) is 0 Å². The van der Waals surface area contributed by atoms with Crippen LogP contribution in [0.3, 0.4) is 0 Å². The van der Waals surface area contributed by atoms with Crippen LogP contribution in [0.25, 0.3) is 0 Å². The van der Waals surface area contributed by atoms with Gasteiger partial charge in [0.1, 0.15) is 0 Å². The van der Waals surface area contributed by atoms with Crippen molar-refractivity contribution in [3.05, 3.63) is 0 Å². The van der Waals surface area contributed by atoms with Gasteiger partial charge in [0.15, 0.2) is 0 Å². The van der Waals surface area contributed by atoms with Gasteiger partial charge in [-0.1, -0.05) is 0 Å². The van der Waals surface area contributed by atoms with Gasteiger partial charge in [-0.25, -0.2) is 0 Å². The standard InChI is InChI=1S/C14H29N3/c1-11(12-7-9-17(2)10-8-12)16-14-5-3-13(15)4-6-14/h11-14,16H,3-10,15H2,1-2H3. The van der Waals surface area contributed by atoms with E-state index in [-0.39, 0.29) is 0 Å². The highest BCUT2D eigenvalue weighted by Crippen LogP contribution is 2.23. The highest BCUT2D eigenvalue weighted by atomic mass is 15.1. The number of nitrogens with zero attached hydrogens (tertiary/aromatic N) is 1. The normalized spacial score (nSPS) is 34.8. The summed E-state index contributed by atoms with van der Waals surface area (Å²) in [4.78, 5) is 2.45. The Bertz CT molecular complexity index is 216. The summed E-state index contributed by atoms with van der Waals surface area (Å²) in [6, 6.07) is 1.87. The molecule has 1 aliphatic carbocycles. The van der Waals surface area contributed by atoms with Crippen molar-refractivity contribution in [1.29, 1.82) is 0 Å². The molecular weight excluding hydrogens is 210 g/mol. The maximum Gasteiger partial charge on any atom is 0.00708 e. The molecule has 1 aliphatic heterocycles. The monoisotopic (exact) mass is 239 g/mol. The van der Waals surface area contributed by atoms with Crippen LogP contribution in [-0.2, 0) is 0 Å². The van der Waals surface area contributed by atoms with Gasteiger partial charge in [0, 0.05) is 18.1 Å². The lowest BCUT2D eigenvalue weighted by Crippen LogP contribution is -2.46. The summed E-state index contributed by atoms with van der Waals surface area (Å²) in [5, 5.41) is 3.85. The third-order valence-electron chi connectivity index (χ3n) is 4.74. The van der Waals surface area contributed by atoms with Crippen LogP contribution in [0.4, 0.5) is 0 Å². The Morgan fingerprint density at radius 1 is 1.06 bits per heavy atom. The molecule has 3 heteroatoms. The van der Waals surface area contributed by atoms with Crippen molar-refractivity contribution < 1.29 is 0 Å². The molecule has 0 radical (unpaired) electrons. The summed E-state index contributed by atoms with van der Waals surface area (Å²) < 4.78 is 0. The van der Waals surface area contributed by atoms with Crippen molar-refractivity contribution in [1.82, 2.24) is 10.2 Å². The molecule has 0 aromatic heterocycles. The van der Waals surface area contributed by atoms with Crippen molar-refractivity contribution in [3.63, 3.8) is 0 Å². The van der Waals surface area contributed by atoms with Crippen LogP contribution in [0.2, 0.25) is 0 Å². The average molecular weight is 239 g/mol. The Morgan fingerprint density at radius 3 is 2.24 bits per heavy atom. The van der Waals surface area contributed by atoms with Crippen molar-refractivity contribution >= 4 is 0 Å². The fourth-order valence-corrected chi connectivity index (χ4v) is 3.32. The summed E-state index contributed by atoms with van der Waals surface area (Å²) in [6.45, 7) is 4.92. The summed E-state index contributed by atoms with van der Waals surface area (Å²) in [5.41, 5.74) is 5.95. The molecule has 1 atom stereocenters. The van der Waals surface area contributed by atoms with E-state index in [1.54, 1.807) is 0 Å². The molecule has 17 heavy (non-hydrogen) atoms. The fourth-order valence-electron chi connectivity index (χ4n) is 3.32. The topological polar surface area (TPSA) is 41.3 Å². The van der Waals surface area contributed by atoms with Gasteiger partial charge in [-0.2, -0.15) is 0 Å². The summed E-state index contributed by atoms with van der Waals surface area (Å²) in [7, 11) is 2.23. The lowest BCUT2D eigenvalue weighted by molar-refractivity contribution is 0.177. The molecular formula is C14H29N3. The van der Waals surface area contributed by atoms with Crippen LogP contribution in [0, 0.1) is 5.92 Å². The largest absolute Gasteiger partial charge is 0.328 e.